The smallest absolute Gasteiger partial charge is 0.331 e. The van der Waals surface area contributed by atoms with Crippen LogP contribution in [-0.4, -0.2) is 51.5 Å². The van der Waals surface area contributed by atoms with Crippen molar-refractivity contribution in [3.05, 3.63) is 28.8 Å². The number of amides is 1. The van der Waals surface area contributed by atoms with Gasteiger partial charge in [0.1, 0.15) is 0 Å². The summed E-state index contributed by atoms with van der Waals surface area (Å²) in [6.45, 7) is 3.31. The minimum Gasteiger partial charge on any atom is -0.489 e. The van der Waals surface area contributed by atoms with Gasteiger partial charge in [-0.2, -0.15) is 0 Å². The van der Waals surface area contributed by atoms with Gasteiger partial charge >= 0.3 is 5.97 Å². The Morgan fingerprint density at radius 3 is 2.88 bits per heavy atom. The molecule has 0 spiro atoms. The maximum atomic E-state index is 11.9. The summed E-state index contributed by atoms with van der Waals surface area (Å²) >= 11 is 6.20. The van der Waals surface area contributed by atoms with Gasteiger partial charge in [0.05, 0.1) is 24.8 Å². The number of carbonyl (C=O) groups is 2. The summed E-state index contributed by atoms with van der Waals surface area (Å²) in [5.74, 6) is 0.0178. The molecular weight excluding hydrogens is 362 g/mol. The molecule has 1 atom stereocenters. The van der Waals surface area contributed by atoms with E-state index in [9.17, 15) is 9.59 Å². The predicted octanol–water partition coefficient (Wildman–Crippen LogP) is 2.21. The summed E-state index contributed by atoms with van der Waals surface area (Å²) in [7, 11) is 1.53. The third-order valence-electron chi connectivity index (χ3n) is 3.50. The Morgan fingerprint density at radius 2 is 2.12 bits per heavy atom. The fourth-order valence-corrected chi connectivity index (χ4v) is 2.47. The van der Waals surface area contributed by atoms with Crippen molar-refractivity contribution in [3.8, 4) is 11.5 Å². The third kappa shape index (κ3) is 5.93. The molecule has 0 unspecified atom stereocenters. The van der Waals surface area contributed by atoms with Gasteiger partial charge in [0.2, 0.25) is 0 Å². The predicted molar refractivity (Wildman–Crippen MR) is 96.5 cm³/mol. The van der Waals surface area contributed by atoms with Gasteiger partial charge in [-0.05, 0) is 30.7 Å². The lowest BCUT2D eigenvalue weighted by molar-refractivity contribution is -0.150. The number of benzene rings is 1. The van der Waals surface area contributed by atoms with Crippen LogP contribution >= 0.6 is 11.6 Å². The summed E-state index contributed by atoms with van der Waals surface area (Å²) in [5, 5.41) is 3.00. The Hall–Kier alpha value is -2.25. The van der Waals surface area contributed by atoms with Crippen molar-refractivity contribution in [3.63, 3.8) is 0 Å². The lowest BCUT2D eigenvalue weighted by atomic mass is 10.2. The number of halogens is 1. The van der Waals surface area contributed by atoms with Gasteiger partial charge in [-0.15, -0.1) is 0 Å². The maximum Gasteiger partial charge on any atom is 0.331 e. The standard InChI is InChI=1S/C18H22ClNO6/c1-12(18(22)20-6-9-23-2)26-16(21)5-4-13-10-14(19)17-15(11-13)24-7-3-8-25-17/h4-5,10-12H,3,6-9H2,1-2H3,(H,20,22)/b5-4+/t12-/m1/s1. The zero-order valence-corrected chi connectivity index (χ0v) is 15.5. The molecule has 0 aliphatic carbocycles. The first-order valence-electron chi connectivity index (χ1n) is 8.25. The topological polar surface area (TPSA) is 83.1 Å². The lowest BCUT2D eigenvalue weighted by Crippen LogP contribution is -2.37. The van der Waals surface area contributed by atoms with Gasteiger partial charge in [-0.3, -0.25) is 4.79 Å². The van der Waals surface area contributed by atoms with Gasteiger partial charge in [0, 0.05) is 26.2 Å². The second-order valence-corrected chi connectivity index (χ2v) is 5.98. The van der Waals surface area contributed by atoms with Crippen LogP contribution in [0.4, 0.5) is 0 Å². The first-order chi connectivity index (χ1) is 12.5. The van der Waals surface area contributed by atoms with Crippen molar-refractivity contribution < 1.29 is 28.5 Å². The fraction of sp³-hybridized carbons (Fsp3) is 0.444. The molecule has 26 heavy (non-hydrogen) atoms. The number of carbonyl (C=O) groups excluding carboxylic acids is 2. The molecule has 0 aromatic heterocycles. The van der Waals surface area contributed by atoms with Crippen LogP contribution in [0.3, 0.4) is 0 Å². The largest absolute Gasteiger partial charge is 0.489 e. The second-order valence-electron chi connectivity index (χ2n) is 5.58. The summed E-state index contributed by atoms with van der Waals surface area (Å²) in [6, 6.07) is 3.40. The number of rotatable bonds is 7. The van der Waals surface area contributed by atoms with Crippen molar-refractivity contribution in [1.29, 1.82) is 0 Å². The Labute approximate surface area is 157 Å². The molecule has 0 radical (unpaired) electrons. The molecule has 1 aromatic carbocycles. The normalized spacial score (nSPS) is 14.6. The van der Waals surface area contributed by atoms with Crippen LogP contribution in [0.2, 0.25) is 5.02 Å². The molecule has 1 aliphatic heterocycles. The van der Waals surface area contributed by atoms with Crippen molar-refractivity contribution in [2.45, 2.75) is 19.4 Å². The number of methoxy groups -OCH3 is 1. The third-order valence-corrected chi connectivity index (χ3v) is 3.78. The Balaban J connectivity index is 1.94. The van der Waals surface area contributed by atoms with Crippen LogP contribution in [0.1, 0.15) is 18.9 Å². The number of esters is 1. The first-order valence-corrected chi connectivity index (χ1v) is 8.63. The summed E-state index contributed by atoms with van der Waals surface area (Å²) in [5.41, 5.74) is 0.661. The number of nitrogens with one attached hydrogen (secondary N) is 1. The number of fused-ring (bicyclic) bond motifs is 1. The number of hydrogen-bond donors (Lipinski definition) is 1. The maximum absolute atomic E-state index is 11.9. The molecule has 142 valence electrons. The average Bonchev–Trinajstić information content (AvgIpc) is 2.86. The minimum atomic E-state index is -0.906. The van der Waals surface area contributed by atoms with Crippen LogP contribution in [0.15, 0.2) is 18.2 Å². The number of hydrogen-bond acceptors (Lipinski definition) is 6. The molecule has 7 nitrogen and oxygen atoms in total. The van der Waals surface area contributed by atoms with Gasteiger partial charge in [-0.25, -0.2) is 4.79 Å². The zero-order valence-electron chi connectivity index (χ0n) is 14.7. The van der Waals surface area contributed by atoms with E-state index in [4.69, 9.17) is 30.5 Å². The van der Waals surface area contributed by atoms with Crippen molar-refractivity contribution in [1.82, 2.24) is 5.32 Å². The molecule has 0 bridgehead atoms. The van der Waals surface area contributed by atoms with E-state index in [0.29, 0.717) is 48.5 Å². The minimum absolute atomic E-state index is 0.350. The average molecular weight is 384 g/mol. The fourth-order valence-electron chi connectivity index (χ4n) is 2.20. The van der Waals surface area contributed by atoms with E-state index in [1.165, 1.54) is 26.2 Å². The highest BCUT2D eigenvalue weighted by Gasteiger charge is 2.17. The summed E-state index contributed by atoms with van der Waals surface area (Å²) in [6.07, 6.45) is 2.64. The first kappa shape index (κ1) is 20.1. The van der Waals surface area contributed by atoms with Crippen LogP contribution < -0.4 is 14.8 Å². The van der Waals surface area contributed by atoms with E-state index in [1.807, 2.05) is 0 Å². The molecular formula is C18H22ClNO6. The quantitative estimate of drug-likeness (QED) is 0.441. The monoisotopic (exact) mass is 383 g/mol. The van der Waals surface area contributed by atoms with Crippen molar-refractivity contribution >= 4 is 29.6 Å². The van der Waals surface area contributed by atoms with Gasteiger partial charge in [0.15, 0.2) is 17.6 Å². The van der Waals surface area contributed by atoms with Crippen molar-refractivity contribution in [2.75, 3.05) is 33.5 Å². The van der Waals surface area contributed by atoms with Crippen LogP contribution in [0.5, 0.6) is 11.5 Å². The molecule has 2 rings (SSSR count). The molecule has 1 amide bonds. The van der Waals surface area contributed by atoms with E-state index in [0.717, 1.165) is 6.42 Å². The molecule has 1 N–H and O–H groups in total. The molecule has 1 aromatic rings. The Morgan fingerprint density at radius 1 is 1.35 bits per heavy atom. The van der Waals surface area contributed by atoms with E-state index < -0.39 is 12.1 Å². The van der Waals surface area contributed by atoms with E-state index >= 15 is 0 Å². The van der Waals surface area contributed by atoms with E-state index in [1.54, 1.807) is 12.1 Å². The summed E-state index contributed by atoms with van der Waals surface area (Å²) < 4.78 is 21.0. The SMILES string of the molecule is COCCNC(=O)[C@@H](C)OC(=O)/C=C/c1cc(Cl)c2c(c1)OCCCO2. The van der Waals surface area contributed by atoms with E-state index in [2.05, 4.69) is 5.32 Å². The Bertz CT molecular complexity index is 676. The van der Waals surface area contributed by atoms with Gasteiger partial charge in [0.25, 0.3) is 5.91 Å². The molecule has 0 saturated heterocycles. The highest BCUT2D eigenvalue weighted by molar-refractivity contribution is 6.32. The second kappa shape index (κ2) is 10.0. The van der Waals surface area contributed by atoms with Crippen LogP contribution in [0, 0.1) is 0 Å². The zero-order chi connectivity index (χ0) is 18.9. The van der Waals surface area contributed by atoms with Gasteiger partial charge < -0.3 is 24.3 Å². The highest BCUT2D eigenvalue weighted by atomic mass is 35.5. The van der Waals surface area contributed by atoms with E-state index in [-0.39, 0.29) is 5.91 Å². The number of ether oxygens (including phenoxy) is 4. The van der Waals surface area contributed by atoms with Crippen LogP contribution in [0.25, 0.3) is 6.08 Å². The highest BCUT2D eigenvalue weighted by Crippen LogP contribution is 2.38. The summed E-state index contributed by atoms with van der Waals surface area (Å²) in [4.78, 5) is 23.6. The molecule has 1 heterocycles. The van der Waals surface area contributed by atoms with Gasteiger partial charge in [-0.1, -0.05) is 11.6 Å². The molecule has 0 fully saturated rings. The molecule has 0 saturated carbocycles. The lowest BCUT2D eigenvalue weighted by Gasteiger charge is -2.12. The van der Waals surface area contributed by atoms with Crippen molar-refractivity contribution in [2.24, 2.45) is 0 Å². The molecule has 1 aliphatic rings. The van der Waals surface area contributed by atoms with Crippen LogP contribution in [-0.2, 0) is 19.1 Å². The Kier molecular flexibility index (Phi) is 7.74. The molecule has 8 heteroatoms.